The van der Waals surface area contributed by atoms with Gasteiger partial charge >= 0.3 is 10.1 Å². The molecule has 0 spiro atoms. The standard InChI is InChI=1S/C19H32O4S2/c1-5-8-9-10-11-18(20)16-24(6-2,7-3)23-25(21,22)19-14-12-17(4)13-15-19/h12-15H,5-11,16H2,1-4H3/p+1. The van der Waals surface area contributed by atoms with Gasteiger partial charge in [-0.05, 0) is 35.8 Å². The van der Waals surface area contributed by atoms with E-state index in [-0.39, 0.29) is 16.4 Å². The minimum atomic E-state index is -3.72. The van der Waals surface area contributed by atoms with Crippen molar-refractivity contribution in [2.75, 3.05) is 17.3 Å². The molecule has 0 saturated heterocycles. The van der Waals surface area contributed by atoms with Gasteiger partial charge in [0.1, 0.15) is 10.7 Å². The normalized spacial score (nSPS) is 13.0. The average Bonchev–Trinajstić information content (AvgIpc) is 2.58. The molecule has 0 aliphatic heterocycles. The highest BCUT2D eigenvalue weighted by molar-refractivity contribution is 8.32. The van der Waals surface area contributed by atoms with Crippen molar-refractivity contribution in [1.82, 2.24) is 0 Å². The van der Waals surface area contributed by atoms with Gasteiger partial charge in [-0.3, -0.25) is 8.42 Å². The largest absolute Gasteiger partial charge is 0.421 e. The molecule has 4 nitrogen and oxygen atoms in total. The molecule has 1 rings (SSSR count). The molecule has 0 aliphatic rings. The van der Waals surface area contributed by atoms with Crippen LogP contribution in [0.5, 0.6) is 0 Å². The highest BCUT2D eigenvalue weighted by atomic mass is 32.3. The third kappa shape index (κ3) is 7.12. The molecule has 0 saturated carbocycles. The Morgan fingerprint density at radius 1 is 0.960 bits per heavy atom. The Kier molecular flexibility index (Phi) is 9.17. The van der Waals surface area contributed by atoms with Gasteiger partial charge in [0.25, 0.3) is 0 Å². The van der Waals surface area contributed by atoms with E-state index in [1.165, 1.54) is 0 Å². The summed E-state index contributed by atoms with van der Waals surface area (Å²) in [4.78, 5) is 12.6. The van der Waals surface area contributed by atoms with Crippen LogP contribution in [0.2, 0.25) is 0 Å². The van der Waals surface area contributed by atoms with Gasteiger partial charge < -0.3 is 0 Å². The first-order valence-corrected chi connectivity index (χ1v) is 12.7. The summed E-state index contributed by atoms with van der Waals surface area (Å²) < 4.78 is 29.7. The van der Waals surface area contributed by atoms with Gasteiger partial charge in [0.2, 0.25) is 0 Å². The first kappa shape index (κ1) is 22.2. The topological polar surface area (TPSA) is 64.0 Å². The Hall–Kier alpha value is -0.850. The third-order valence-electron chi connectivity index (χ3n) is 4.39. The molecule has 0 amide bonds. The fourth-order valence-electron chi connectivity index (χ4n) is 2.62. The third-order valence-corrected chi connectivity index (χ3v) is 10.3. The molecule has 0 aromatic heterocycles. The van der Waals surface area contributed by atoms with Crippen molar-refractivity contribution in [3.63, 3.8) is 0 Å². The van der Waals surface area contributed by atoms with E-state index in [1.807, 2.05) is 20.8 Å². The molecule has 0 fully saturated rings. The van der Waals surface area contributed by atoms with Crippen LogP contribution in [0.4, 0.5) is 0 Å². The molecule has 6 heteroatoms. The monoisotopic (exact) mass is 389 g/mol. The Morgan fingerprint density at radius 2 is 1.56 bits per heavy atom. The van der Waals surface area contributed by atoms with E-state index in [2.05, 4.69) is 10.6 Å². The van der Waals surface area contributed by atoms with Crippen LogP contribution in [0.1, 0.15) is 58.4 Å². The molecule has 1 aromatic rings. The van der Waals surface area contributed by atoms with E-state index in [0.717, 1.165) is 31.2 Å². The Balaban J connectivity index is 2.83. The highest BCUT2D eigenvalue weighted by Gasteiger charge is 2.36. The molecular weight excluding hydrogens is 356 g/mol. The Morgan fingerprint density at radius 3 is 2.08 bits per heavy atom. The molecule has 1 aromatic carbocycles. The predicted molar refractivity (Wildman–Crippen MR) is 108 cm³/mol. The van der Waals surface area contributed by atoms with E-state index >= 15 is 0 Å². The number of benzene rings is 1. The van der Waals surface area contributed by atoms with Gasteiger partial charge in [-0.1, -0.05) is 57.7 Å². The summed E-state index contributed by atoms with van der Waals surface area (Å²) in [6.07, 6.45) is 4.76. The second kappa shape index (κ2) is 10.3. The minimum absolute atomic E-state index is 0.151. The van der Waals surface area contributed by atoms with Crippen LogP contribution in [0.3, 0.4) is 0 Å². The average molecular weight is 390 g/mol. The van der Waals surface area contributed by atoms with Crippen LogP contribution in [0.15, 0.2) is 29.2 Å². The van der Waals surface area contributed by atoms with E-state index in [1.54, 1.807) is 24.3 Å². The van der Waals surface area contributed by atoms with Crippen LogP contribution in [0.25, 0.3) is 0 Å². The molecule has 0 bridgehead atoms. The van der Waals surface area contributed by atoms with E-state index in [4.69, 9.17) is 0 Å². The molecule has 1 N–H and O–H groups in total. The lowest BCUT2D eigenvalue weighted by molar-refractivity contribution is -0.116. The van der Waals surface area contributed by atoms with Gasteiger partial charge in [-0.2, -0.15) is 0 Å². The summed E-state index contributed by atoms with van der Waals surface area (Å²) in [5.74, 6) is 1.68. The van der Waals surface area contributed by atoms with Crippen molar-refractivity contribution in [1.29, 1.82) is 0 Å². The predicted octanol–water partition coefficient (Wildman–Crippen LogP) is 5.08. The number of carbonyl (C=O) groups is 1. The minimum Gasteiger partial charge on any atom is -0.299 e. The number of rotatable bonds is 12. The van der Waals surface area contributed by atoms with Crippen molar-refractivity contribution in [3.8, 4) is 0 Å². The maximum Gasteiger partial charge on any atom is 0.421 e. The van der Waals surface area contributed by atoms with Gasteiger partial charge in [0, 0.05) is 17.9 Å². The molecule has 0 unspecified atom stereocenters. The smallest absolute Gasteiger partial charge is 0.299 e. The summed E-state index contributed by atoms with van der Waals surface area (Å²) >= 11 is 0. The number of carbonyl (C=O) groups excluding carboxylic acids is 1. The quantitative estimate of drug-likeness (QED) is 0.284. The molecular formula is C19H33O4S2+. The fraction of sp³-hybridized carbons (Fsp3) is 0.632. The maximum absolute atomic E-state index is 12.7. The lowest BCUT2D eigenvalue weighted by atomic mass is 10.1. The summed E-state index contributed by atoms with van der Waals surface area (Å²) in [7, 11) is -5.57. The van der Waals surface area contributed by atoms with Gasteiger partial charge in [-0.15, -0.1) is 8.42 Å². The van der Waals surface area contributed by atoms with Crippen molar-refractivity contribution in [2.45, 2.75) is 64.7 Å². The number of hydrogen-bond donors (Lipinski definition) is 0. The summed E-state index contributed by atoms with van der Waals surface area (Å²) in [5.41, 5.74) is 1.01. The zero-order chi connectivity index (χ0) is 18.9. The van der Waals surface area contributed by atoms with Gasteiger partial charge in [0.15, 0.2) is 0 Å². The molecule has 0 radical (unpaired) electrons. The van der Waals surface area contributed by atoms with Crippen LogP contribution < -0.4 is 0 Å². The fourth-order valence-corrected chi connectivity index (χ4v) is 7.73. The Labute approximate surface area is 155 Å². The first-order chi connectivity index (χ1) is 11.8. The zero-order valence-corrected chi connectivity index (χ0v) is 17.6. The lowest BCUT2D eigenvalue weighted by Crippen LogP contribution is -2.26. The number of hydrogen-bond acceptors (Lipinski definition) is 3. The number of ketones is 1. The van der Waals surface area contributed by atoms with E-state index < -0.39 is 20.4 Å². The summed E-state index contributed by atoms with van der Waals surface area (Å²) in [6.45, 7) is 7.94. The number of aryl methyl sites for hydroxylation is 1. The van der Waals surface area contributed by atoms with Gasteiger partial charge in [-0.25, -0.2) is 0 Å². The van der Waals surface area contributed by atoms with Crippen LogP contribution in [-0.4, -0.2) is 35.1 Å². The van der Waals surface area contributed by atoms with Crippen molar-refractivity contribution >= 4 is 26.2 Å². The molecule has 0 aliphatic carbocycles. The van der Waals surface area contributed by atoms with Crippen LogP contribution >= 0.6 is 10.3 Å². The number of unbranched alkanes of at least 4 members (excludes halogenated alkanes) is 3. The number of Topliss-reactive ketones (excluding diaryl/α,β-unsaturated/α-hetero) is 1. The highest BCUT2D eigenvalue weighted by Crippen LogP contribution is 2.48. The summed E-state index contributed by atoms with van der Waals surface area (Å²) in [6, 6.07) is 6.74. The second-order valence-corrected chi connectivity index (χ2v) is 11.9. The molecule has 0 atom stereocenters. The van der Waals surface area contributed by atoms with Gasteiger partial charge in [0.05, 0.1) is 5.75 Å². The Bertz CT molecular complexity index is 632. The summed E-state index contributed by atoms with van der Waals surface area (Å²) in [5, 5.41) is 0. The van der Waals surface area contributed by atoms with Crippen molar-refractivity contribution in [3.05, 3.63) is 29.8 Å². The maximum atomic E-state index is 12.7. The van der Waals surface area contributed by atoms with Crippen molar-refractivity contribution < 1.29 is 16.8 Å². The van der Waals surface area contributed by atoms with Crippen LogP contribution in [0, 0.1) is 6.92 Å². The lowest BCUT2D eigenvalue weighted by Gasteiger charge is -2.31. The molecule has 144 valence electrons. The van der Waals surface area contributed by atoms with E-state index in [9.17, 15) is 13.2 Å². The molecule has 0 heterocycles. The first-order valence-electron chi connectivity index (χ1n) is 9.12. The molecule has 25 heavy (non-hydrogen) atoms. The van der Waals surface area contributed by atoms with Crippen molar-refractivity contribution in [2.24, 2.45) is 0 Å². The zero-order valence-electron chi connectivity index (χ0n) is 16.0. The SMILES string of the molecule is CCCCCCC(=O)CS(CC)(CC)[OH+]S(=O)(=O)c1ccc(C)cc1. The van der Waals surface area contributed by atoms with E-state index in [0.29, 0.717) is 17.9 Å². The van der Waals surface area contributed by atoms with Crippen LogP contribution in [-0.2, 0) is 14.9 Å². The second-order valence-electron chi connectivity index (χ2n) is 6.43.